The molecule has 3 N–H and O–H groups in total. The molecule has 0 bridgehead atoms. The maximum Gasteiger partial charge on any atom is 0.163 e. The van der Waals surface area contributed by atoms with Crippen molar-refractivity contribution in [3.05, 3.63) is 40.7 Å². The number of hydrogen-bond donors (Lipinski definition) is 3. The lowest BCUT2D eigenvalue weighted by molar-refractivity contribution is -0.991. The van der Waals surface area contributed by atoms with Gasteiger partial charge in [0, 0.05) is 36.3 Å². The number of ether oxygens (including phenoxy) is 1. The third-order valence-electron chi connectivity index (χ3n) is 4.94. The zero-order valence-electron chi connectivity index (χ0n) is 14.7. The summed E-state index contributed by atoms with van der Waals surface area (Å²) in [7, 11) is 0. The fourth-order valence-corrected chi connectivity index (χ4v) is 3.51. The number of rotatable bonds is 3. The van der Waals surface area contributed by atoms with Gasteiger partial charge in [-0.3, -0.25) is 0 Å². The minimum Gasteiger partial charge on any atom is -0.595 e. The van der Waals surface area contributed by atoms with Gasteiger partial charge in [-0.1, -0.05) is 0 Å². The van der Waals surface area contributed by atoms with E-state index in [2.05, 4.69) is 17.1 Å². The average molecular weight is 357 g/mol. The van der Waals surface area contributed by atoms with Crippen LogP contribution in [0.3, 0.4) is 0 Å². The average Bonchev–Trinajstić information content (AvgIpc) is 2.68. The summed E-state index contributed by atoms with van der Waals surface area (Å²) >= 11 is 0. The molecule has 0 spiro atoms. The zero-order chi connectivity index (χ0) is 18.1. The summed E-state index contributed by atoms with van der Waals surface area (Å²) in [4.78, 5) is 12.0. The molecule has 8 nitrogen and oxygen atoms in total. The maximum atomic E-state index is 11.1. The predicted molar refractivity (Wildman–Crippen MR) is 96.3 cm³/mol. The monoisotopic (exact) mass is 357 g/mol. The van der Waals surface area contributed by atoms with E-state index in [1.807, 2.05) is 0 Å². The summed E-state index contributed by atoms with van der Waals surface area (Å²) < 4.78 is 5.57. The van der Waals surface area contributed by atoms with E-state index in [1.165, 1.54) is 5.56 Å². The molecule has 1 fully saturated rings. The molecule has 0 aliphatic carbocycles. The second-order valence-electron chi connectivity index (χ2n) is 6.72. The molecule has 26 heavy (non-hydrogen) atoms. The third kappa shape index (κ3) is 3.29. The highest BCUT2D eigenvalue weighted by Gasteiger charge is 2.27. The fraction of sp³-hybridized carbons (Fsp3) is 0.444. The van der Waals surface area contributed by atoms with Gasteiger partial charge in [0.15, 0.2) is 11.5 Å². The Labute approximate surface area is 152 Å². The lowest BCUT2D eigenvalue weighted by Gasteiger charge is -2.36. The Bertz CT molecular complexity index is 781. The van der Waals surface area contributed by atoms with Crippen LogP contribution in [0.4, 0.5) is 11.5 Å². The molecule has 2 aliphatic heterocycles. The van der Waals surface area contributed by atoms with Crippen molar-refractivity contribution in [2.45, 2.75) is 25.9 Å². The number of nitrogens with zero attached hydrogens (tertiary/aromatic N) is 3. The van der Waals surface area contributed by atoms with Crippen LogP contribution in [-0.4, -0.2) is 47.5 Å². The Morgan fingerprint density at radius 1 is 1.31 bits per heavy atom. The Hall–Kier alpha value is -2.10. The van der Waals surface area contributed by atoms with Crippen LogP contribution in [0.5, 0.6) is 0 Å². The van der Waals surface area contributed by atoms with Gasteiger partial charge in [-0.2, -0.15) is 5.23 Å². The molecule has 2 aliphatic rings. The summed E-state index contributed by atoms with van der Waals surface area (Å²) in [5, 5.41) is 22.6. The fourth-order valence-electron chi connectivity index (χ4n) is 3.51. The molecule has 8 heteroatoms. The van der Waals surface area contributed by atoms with Gasteiger partial charge in [0.05, 0.1) is 24.9 Å². The summed E-state index contributed by atoms with van der Waals surface area (Å²) in [6.45, 7) is 6.01. The molecule has 2 atom stereocenters. The highest BCUT2D eigenvalue weighted by atomic mass is 16.8. The van der Waals surface area contributed by atoms with Crippen LogP contribution in [0.2, 0.25) is 0 Å². The van der Waals surface area contributed by atoms with Gasteiger partial charge in [0.2, 0.25) is 0 Å². The van der Waals surface area contributed by atoms with Crippen molar-refractivity contribution in [2.24, 2.45) is 0 Å². The lowest BCUT2D eigenvalue weighted by atomic mass is 10.0. The topological polar surface area (TPSA) is 98.0 Å². The standard InChI is InChI=1S/C18H23N5O3/c1-12-11-26-9-8-22(12)18-15-6-7-19-10-16(15)20-17(21-18)13-2-4-14(5-3-13)23(24)25/h2-5,12,19,23-24H,6-11H2,1H3/t12-/m0/s1. The predicted octanol–water partition coefficient (Wildman–Crippen LogP) is 0.418. The number of morpholine rings is 1. The molecule has 3 heterocycles. The molecule has 1 aromatic carbocycles. The number of hydrogen-bond acceptors (Lipinski definition) is 7. The molecule has 0 saturated carbocycles. The van der Waals surface area contributed by atoms with Gasteiger partial charge in [0.1, 0.15) is 5.82 Å². The van der Waals surface area contributed by atoms with Crippen molar-refractivity contribution in [2.75, 3.05) is 31.2 Å². The van der Waals surface area contributed by atoms with Crippen molar-refractivity contribution >= 4 is 11.5 Å². The second-order valence-corrected chi connectivity index (χ2v) is 6.72. The molecule has 1 aromatic heterocycles. The number of anilines is 1. The van der Waals surface area contributed by atoms with Gasteiger partial charge in [0.25, 0.3) is 0 Å². The van der Waals surface area contributed by atoms with E-state index in [-0.39, 0.29) is 11.7 Å². The smallest absolute Gasteiger partial charge is 0.163 e. The Morgan fingerprint density at radius 2 is 2.12 bits per heavy atom. The Balaban J connectivity index is 1.77. The third-order valence-corrected chi connectivity index (χ3v) is 4.94. The number of benzene rings is 1. The minimum atomic E-state index is -0.935. The Kier molecular flexibility index (Phi) is 4.84. The van der Waals surface area contributed by atoms with Crippen LogP contribution in [-0.2, 0) is 17.7 Å². The molecule has 1 unspecified atom stereocenters. The highest BCUT2D eigenvalue weighted by Crippen LogP contribution is 2.29. The maximum absolute atomic E-state index is 11.1. The number of aromatic nitrogens is 2. The van der Waals surface area contributed by atoms with Crippen LogP contribution >= 0.6 is 0 Å². The van der Waals surface area contributed by atoms with Crippen LogP contribution in [0.15, 0.2) is 24.3 Å². The van der Waals surface area contributed by atoms with Gasteiger partial charge >= 0.3 is 0 Å². The molecule has 0 amide bonds. The van der Waals surface area contributed by atoms with Crippen LogP contribution < -0.4 is 15.4 Å². The highest BCUT2D eigenvalue weighted by molar-refractivity contribution is 5.62. The van der Waals surface area contributed by atoms with Crippen molar-refractivity contribution in [1.82, 2.24) is 15.3 Å². The SMILES string of the molecule is C[C@H]1COCCN1c1nc(-c2ccc([NH+]([O-])O)cc2)nc2c1CCNC2. The summed E-state index contributed by atoms with van der Waals surface area (Å²) in [5.74, 6) is 1.63. The normalized spacial score (nSPS) is 21.3. The summed E-state index contributed by atoms with van der Waals surface area (Å²) in [5.41, 5.74) is 3.32. The lowest BCUT2D eigenvalue weighted by Crippen LogP contribution is -2.99. The van der Waals surface area contributed by atoms with E-state index in [4.69, 9.17) is 19.9 Å². The van der Waals surface area contributed by atoms with E-state index in [1.54, 1.807) is 24.3 Å². The first-order chi connectivity index (χ1) is 12.6. The van der Waals surface area contributed by atoms with Crippen molar-refractivity contribution < 1.29 is 15.2 Å². The minimum absolute atomic E-state index is 0.260. The zero-order valence-corrected chi connectivity index (χ0v) is 14.7. The molecule has 1 saturated heterocycles. The largest absolute Gasteiger partial charge is 0.595 e. The van der Waals surface area contributed by atoms with Gasteiger partial charge in [-0.25, -0.2) is 15.2 Å². The van der Waals surface area contributed by atoms with Crippen LogP contribution in [0, 0.1) is 5.21 Å². The first kappa shape index (κ1) is 17.3. The summed E-state index contributed by atoms with van der Waals surface area (Å²) in [6, 6.07) is 6.99. The second kappa shape index (κ2) is 7.26. The molecule has 4 rings (SSSR count). The number of fused-ring (bicyclic) bond motifs is 1. The molecular formula is C18H23N5O3. The molecular weight excluding hydrogens is 334 g/mol. The first-order valence-corrected chi connectivity index (χ1v) is 8.92. The summed E-state index contributed by atoms with van der Waals surface area (Å²) in [6.07, 6.45) is 0.910. The quantitative estimate of drug-likeness (QED) is 0.685. The van der Waals surface area contributed by atoms with Crippen molar-refractivity contribution in [3.8, 4) is 11.4 Å². The Morgan fingerprint density at radius 3 is 2.85 bits per heavy atom. The van der Waals surface area contributed by atoms with Gasteiger partial charge in [-0.05, 0) is 32.0 Å². The van der Waals surface area contributed by atoms with Crippen molar-refractivity contribution in [3.63, 3.8) is 0 Å². The molecule has 0 radical (unpaired) electrons. The number of quaternary nitrogens is 1. The first-order valence-electron chi connectivity index (χ1n) is 8.92. The van der Waals surface area contributed by atoms with E-state index in [9.17, 15) is 5.21 Å². The van der Waals surface area contributed by atoms with Gasteiger partial charge in [-0.15, -0.1) is 0 Å². The number of nitrogens with one attached hydrogen (secondary N) is 2. The van der Waals surface area contributed by atoms with Crippen LogP contribution in [0.25, 0.3) is 11.4 Å². The van der Waals surface area contributed by atoms with Crippen molar-refractivity contribution in [1.29, 1.82) is 0 Å². The van der Waals surface area contributed by atoms with E-state index in [0.717, 1.165) is 43.1 Å². The molecule has 2 aromatic rings. The van der Waals surface area contributed by atoms with Crippen LogP contribution in [0.1, 0.15) is 18.2 Å². The van der Waals surface area contributed by atoms with E-state index in [0.29, 0.717) is 19.0 Å². The van der Waals surface area contributed by atoms with Gasteiger partial charge < -0.3 is 20.2 Å². The van der Waals surface area contributed by atoms with E-state index >= 15 is 0 Å². The molecule has 138 valence electrons. The van der Waals surface area contributed by atoms with E-state index < -0.39 is 5.23 Å².